The van der Waals surface area contributed by atoms with Crippen molar-refractivity contribution >= 4 is 11.9 Å². The van der Waals surface area contributed by atoms with Crippen LogP contribution in [0.25, 0.3) is 0 Å². The summed E-state index contributed by atoms with van der Waals surface area (Å²) in [6, 6.07) is -0.440. The van der Waals surface area contributed by atoms with Crippen LogP contribution in [0, 0.1) is 0 Å². The van der Waals surface area contributed by atoms with Crippen molar-refractivity contribution in [3.05, 3.63) is 0 Å². The first-order chi connectivity index (χ1) is 6.65. The quantitative estimate of drug-likeness (QED) is 0.620. The molecule has 0 fully saturated rings. The minimum absolute atomic E-state index is 0.0292. The summed E-state index contributed by atoms with van der Waals surface area (Å²) in [5.41, 5.74) is 0. The van der Waals surface area contributed by atoms with Gasteiger partial charge in [-0.3, -0.25) is 14.9 Å². The maximum absolute atomic E-state index is 11.1. The summed E-state index contributed by atoms with van der Waals surface area (Å²) in [6.07, 6.45) is 0.575. The average Bonchev–Trinajstić information content (AvgIpc) is 2.18. The Bertz CT molecular complexity index is 193. The topological polar surface area (TPSA) is 64.6 Å². The molecule has 0 heterocycles. The number of carbonyl (C=O) groups is 2. The monoisotopic (exact) mass is 203 g/mol. The highest BCUT2D eigenvalue weighted by Gasteiger charge is 2.17. The summed E-state index contributed by atoms with van der Waals surface area (Å²) in [5.74, 6) is -0.730. The van der Waals surface area contributed by atoms with Crippen LogP contribution in [0.15, 0.2) is 0 Å². The van der Waals surface area contributed by atoms with Crippen LogP contribution in [0.1, 0.15) is 20.3 Å². The fourth-order valence-electron chi connectivity index (χ4n) is 0.955. The minimum Gasteiger partial charge on any atom is -0.468 e. The Morgan fingerprint density at radius 3 is 2.43 bits per heavy atom. The Labute approximate surface area is 83.8 Å². The van der Waals surface area contributed by atoms with Gasteiger partial charge in [-0.1, -0.05) is 6.92 Å². The van der Waals surface area contributed by atoms with Crippen molar-refractivity contribution in [2.45, 2.75) is 26.3 Å². The van der Waals surface area contributed by atoms with Crippen molar-refractivity contribution in [2.24, 2.45) is 0 Å². The van der Waals surface area contributed by atoms with Gasteiger partial charge in [0, 0.05) is 0 Å². The van der Waals surface area contributed by atoms with E-state index in [0.29, 0.717) is 13.0 Å². The van der Waals surface area contributed by atoms with Gasteiger partial charge in [0.05, 0.1) is 20.3 Å². The molecule has 0 bridgehead atoms. The van der Waals surface area contributed by atoms with Crippen LogP contribution in [-0.2, 0) is 19.1 Å². The summed E-state index contributed by atoms with van der Waals surface area (Å²) >= 11 is 0. The van der Waals surface area contributed by atoms with Crippen molar-refractivity contribution in [1.29, 1.82) is 0 Å². The SMILES string of the molecule is CCOC(=O)CNC(CC)C(=O)OC. The minimum atomic E-state index is -0.440. The van der Waals surface area contributed by atoms with Crippen LogP contribution >= 0.6 is 0 Å². The Morgan fingerprint density at radius 1 is 1.36 bits per heavy atom. The number of nitrogens with one attached hydrogen (secondary N) is 1. The molecule has 0 aliphatic rings. The van der Waals surface area contributed by atoms with E-state index in [2.05, 4.69) is 10.1 Å². The van der Waals surface area contributed by atoms with Gasteiger partial charge in [-0.25, -0.2) is 0 Å². The molecule has 1 N–H and O–H groups in total. The molecule has 82 valence electrons. The van der Waals surface area contributed by atoms with Crippen molar-refractivity contribution in [2.75, 3.05) is 20.3 Å². The predicted octanol–water partition coefficient (Wildman–Crippen LogP) is 0.0907. The molecular weight excluding hydrogens is 186 g/mol. The van der Waals surface area contributed by atoms with E-state index in [9.17, 15) is 9.59 Å². The Hall–Kier alpha value is -1.10. The number of methoxy groups -OCH3 is 1. The molecule has 0 aromatic heterocycles. The molecule has 14 heavy (non-hydrogen) atoms. The van der Waals surface area contributed by atoms with Crippen LogP contribution in [-0.4, -0.2) is 38.2 Å². The predicted molar refractivity (Wildman–Crippen MR) is 50.7 cm³/mol. The highest BCUT2D eigenvalue weighted by atomic mass is 16.5. The van der Waals surface area contributed by atoms with Gasteiger partial charge in [-0.15, -0.1) is 0 Å². The maximum atomic E-state index is 11.1. The molecule has 0 aromatic rings. The van der Waals surface area contributed by atoms with Crippen LogP contribution in [0.5, 0.6) is 0 Å². The van der Waals surface area contributed by atoms with Gasteiger partial charge in [0.25, 0.3) is 0 Å². The smallest absolute Gasteiger partial charge is 0.322 e. The highest BCUT2D eigenvalue weighted by Crippen LogP contribution is 1.93. The second-order valence-corrected chi connectivity index (χ2v) is 2.67. The third-order valence-corrected chi connectivity index (χ3v) is 1.69. The summed E-state index contributed by atoms with van der Waals surface area (Å²) in [7, 11) is 1.32. The number of hydrogen-bond donors (Lipinski definition) is 1. The highest BCUT2D eigenvalue weighted by molar-refractivity contribution is 5.77. The Balaban J connectivity index is 3.83. The van der Waals surface area contributed by atoms with E-state index in [0.717, 1.165) is 0 Å². The molecule has 5 heteroatoms. The van der Waals surface area contributed by atoms with Gasteiger partial charge in [-0.2, -0.15) is 0 Å². The van der Waals surface area contributed by atoms with Crippen molar-refractivity contribution < 1.29 is 19.1 Å². The van der Waals surface area contributed by atoms with Gasteiger partial charge in [0.2, 0.25) is 0 Å². The second kappa shape index (κ2) is 7.32. The largest absolute Gasteiger partial charge is 0.468 e. The first kappa shape index (κ1) is 12.9. The number of rotatable bonds is 6. The van der Waals surface area contributed by atoms with E-state index in [-0.39, 0.29) is 18.5 Å². The van der Waals surface area contributed by atoms with E-state index in [1.54, 1.807) is 6.92 Å². The van der Waals surface area contributed by atoms with Crippen LogP contribution in [0.2, 0.25) is 0 Å². The van der Waals surface area contributed by atoms with Gasteiger partial charge in [0.1, 0.15) is 6.04 Å². The zero-order chi connectivity index (χ0) is 11.0. The van der Waals surface area contributed by atoms with E-state index in [1.165, 1.54) is 7.11 Å². The molecule has 0 rings (SSSR count). The molecule has 0 aliphatic carbocycles. The molecule has 0 aliphatic heterocycles. The first-order valence-corrected chi connectivity index (χ1v) is 4.62. The molecule has 0 aromatic carbocycles. The number of esters is 2. The van der Waals surface area contributed by atoms with E-state index in [1.807, 2.05) is 6.92 Å². The molecule has 5 nitrogen and oxygen atoms in total. The molecule has 0 saturated heterocycles. The van der Waals surface area contributed by atoms with E-state index >= 15 is 0 Å². The van der Waals surface area contributed by atoms with Crippen molar-refractivity contribution in [1.82, 2.24) is 5.32 Å². The molecule has 0 amide bonds. The number of ether oxygens (including phenoxy) is 2. The molecule has 0 radical (unpaired) electrons. The zero-order valence-electron chi connectivity index (χ0n) is 8.83. The second-order valence-electron chi connectivity index (χ2n) is 2.67. The fourth-order valence-corrected chi connectivity index (χ4v) is 0.955. The molecule has 1 atom stereocenters. The molecule has 1 unspecified atom stereocenters. The van der Waals surface area contributed by atoms with E-state index < -0.39 is 6.04 Å². The Morgan fingerprint density at radius 2 is 2.00 bits per heavy atom. The summed E-state index contributed by atoms with van der Waals surface area (Å²) in [6.45, 7) is 3.94. The summed E-state index contributed by atoms with van der Waals surface area (Å²) in [4.78, 5) is 22.0. The van der Waals surface area contributed by atoms with Crippen molar-refractivity contribution in [3.8, 4) is 0 Å². The average molecular weight is 203 g/mol. The lowest BCUT2D eigenvalue weighted by molar-refractivity contribution is -0.145. The van der Waals surface area contributed by atoms with Gasteiger partial charge >= 0.3 is 11.9 Å². The maximum Gasteiger partial charge on any atom is 0.322 e. The Kier molecular flexibility index (Phi) is 6.74. The standard InChI is InChI=1S/C9H17NO4/c1-4-7(9(12)13-3)10-6-8(11)14-5-2/h7,10H,4-6H2,1-3H3. The normalized spacial score (nSPS) is 11.9. The van der Waals surface area contributed by atoms with Crippen LogP contribution in [0.3, 0.4) is 0 Å². The number of carbonyl (C=O) groups excluding carboxylic acids is 2. The first-order valence-electron chi connectivity index (χ1n) is 4.62. The van der Waals surface area contributed by atoms with Crippen LogP contribution < -0.4 is 5.32 Å². The lowest BCUT2D eigenvalue weighted by atomic mass is 10.2. The summed E-state index contributed by atoms with van der Waals surface area (Å²) in [5, 5.41) is 2.76. The summed E-state index contributed by atoms with van der Waals surface area (Å²) < 4.78 is 9.24. The van der Waals surface area contributed by atoms with E-state index in [4.69, 9.17) is 4.74 Å². The van der Waals surface area contributed by atoms with Crippen molar-refractivity contribution in [3.63, 3.8) is 0 Å². The lowest BCUT2D eigenvalue weighted by Crippen LogP contribution is -2.40. The third kappa shape index (κ3) is 4.81. The zero-order valence-corrected chi connectivity index (χ0v) is 8.83. The third-order valence-electron chi connectivity index (χ3n) is 1.69. The number of hydrogen-bond acceptors (Lipinski definition) is 5. The van der Waals surface area contributed by atoms with Gasteiger partial charge in [0.15, 0.2) is 0 Å². The lowest BCUT2D eigenvalue weighted by Gasteiger charge is -2.13. The van der Waals surface area contributed by atoms with Gasteiger partial charge in [-0.05, 0) is 13.3 Å². The van der Waals surface area contributed by atoms with Gasteiger partial charge < -0.3 is 9.47 Å². The fraction of sp³-hybridized carbons (Fsp3) is 0.778. The van der Waals surface area contributed by atoms with Crippen LogP contribution in [0.4, 0.5) is 0 Å². The molecular formula is C9H17NO4. The molecule has 0 saturated carbocycles. The molecule has 0 spiro atoms.